The molecule has 0 spiro atoms. The van der Waals surface area contributed by atoms with E-state index >= 15 is 0 Å². The summed E-state index contributed by atoms with van der Waals surface area (Å²) in [5.74, 6) is -0.920. The van der Waals surface area contributed by atoms with Crippen molar-refractivity contribution in [2.24, 2.45) is 0 Å². The molecule has 1 aromatic heterocycles. The first-order chi connectivity index (χ1) is 8.13. The monoisotopic (exact) mass is 237 g/mol. The minimum absolute atomic E-state index is 0.412. The standard InChI is InChI=1S/C12H15NO4/c1-2-4-10(12(15)16)13-11(14)7-6-9-5-3-8-17-9/h3,5-8,10H,2,4H2,1H3,(H,13,14)(H,15,16)/b7-6+/t10-/m1/s1. The Balaban J connectivity index is 2.50. The van der Waals surface area contributed by atoms with Crippen LogP contribution in [-0.4, -0.2) is 23.0 Å². The number of carboxylic acid groups (broad SMARTS) is 1. The summed E-state index contributed by atoms with van der Waals surface area (Å²) < 4.78 is 5.00. The maximum atomic E-state index is 11.4. The van der Waals surface area contributed by atoms with Crippen LogP contribution in [0.25, 0.3) is 6.08 Å². The first-order valence-corrected chi connectivity index (χ1v) is 5.38. The Bertz CT molecular complexity index is 395. The van der Waals surface area contributed by atoms with Crippen molar-refractivity contribution >= 4 is 18.0 Å². The summed E-state index contributed by atoms with van der Waals surface area (Å²) in [6.07, 6.45) is 5.34. The van der Waals surface area contributed by atoms with Gasteiger partial charge in [0.2, 0.25) is 5.91 Å². The Hall–Kier alpha value is -2.04. The fourth-order valence-corrected chi connectivity index (χ4v) is 1.31. The van der Waals surface area contributed by atoms with Gasteiger partial charge in [-0.1, -0.05) is 13.3 Å². The van der Waals surface area contributed by atoms with Gasteiger partial charge >= 0.3 is 5.97 Å². The summed E-state index contributed by atoms with van der Waals surface area (Å²) in [5, 5.41) is 11.3. The molecule has 0 fully saturated rings. The zero-order valence-corrected chi connectivity index (χ0v) is 9.55. The second-order valence-electron chi connectivity index (χ2n) is 3.54. The van der Waals surface area contributed by atoms with E-state index < -0.39 is 17.9 Å². The molecule has 92 valence electrons. The second-order valence-corrected chi connectivity index (χ2v) is 3.54. The molecule has 0 aliphatic rings. The van der Waals surface area contributed by atoms with Crippen LogP contribution in [0.2, 0.25) is 0 Å². The first kappa shape index (κ1) is 13.0. The van der Waals surface area contributed by atoms with Crippen LogP contribution < -0.4 is 5.32 Å². The molecule has 1 aromatic rings. The molecule has 1 amide bonds. The van der Waals surface area contributed by atoms with Gasteiger partial charge in [-0.15, -0.1) is 0 Å². The quantitative estimate of drug-likeness (QED) is 0.737. The molecule has 0 aliphatic heterocycles. The first-order valence-electron chi connectivity index (χ1n) is 5.38. The van der Waals surface area contributed by atoms with Crippen molar-refractivity contribution < 1.29 is 19.1 Å². The highest BCUT2D eigenvalue weighted by Gasteiger charge is 2.17. The highest BCUT2D eigenvalue weighted by atomic mass is 16.4. The van der Waals surface area contributed by atoms with Crippen molar-refractivity contribution in [3.63, 3.8) is 0 Å². The molecule has 1 rings (SSSR count). The molecule has 5 heteroatoms. The highest BCUT2D eigenvalue weighted by Crippen LogP contribution is 2.02. The van der Waals surface area contributed by atoms with Crippen molar-refractivity contribution in [1.29, 1.82) is 0 Å². The maximum absolute atomic E-state index is 11.4. The number of hydrogen-bond donors (Lipinski definition) is 2. The summed E-state index contributed by atoms with van der Waals surface area (Å²) in [6.45, 7) is 1.86. The molecule has 2 N–H and O–H groups in total. The Morgan fingerprint density at radius 3 is 2.88 bits per heavy atom. The minimum Gasteiger partial charge on any atom is -0.480 e. The van der Waals surface area contributed by atoms with E-state index in [1.807, 2.05) is 6.92 Å². The Labute approximate surface area is 99.1 Å². The van der Waals surface area contributed by atoms with Crippen LogP contribution >= 0.6 is 0 Å². The van der Waals surface area contributed by atoms with Crippen LogP contribution in [0.5, 0.6) is 0 Å². The van der Waals surface area contributed by atoms with Crippen LogP contribution in [0.15, 0.2) is 28.9 Å². The molecule has 1 atom stereocenters. The molecule has 0 aliphatic carbocycles. The fourth-order valence-electron chi connectivity index (χ4n) is 1.31. The molecule has 0 saturated heterocycles. The molecule has 0 saturated carbocycles. The summed E-state index contributed by atoms with van der Waals surface area (Å²) >= 11 is 0. The van der Waals surface area contributed by atoms with E-state index in [1.165, 1.54) is 18.4 Å². The second kappa shape index (κ2) is 6.52. The normalized spacial score (nSPS) is 12.5. The van der Waals surface area contributed by atoms with Crippen molar-refractivity contribution in [3.05, 3.63) is 30.2 Å². The lowest BCUT2D eigenvalue weighted by atomic mass is 10.1. The predicted molar refractivity (Wildman–Crippen MR) is 62.2 cm³/mol. The number of carbonyl (C=O) groups is 2. The van der Waals surface area contributed by atoms with Crippen molar-refractivity contribution in [3.8, 4) is 0 Å². The van der Waals surface area contributed by atoms with Gasteiger partial charge in [0.1, 0.15) is 11.8 Å². The summed E-state index contributed by atoms with van der Waals surface area (Å²) in [6, 6.07) is 2.56. The number of amides is 1. The van der Waals surface area contributed by atoms with Gasteiger partial charge in [0, 0.05) is 6.08 Å². The molecule has 1 heterocycles. The maximum Gasteiger partial charge on any atom is 0.326 e. The minimum atomic E-state index is -1.02. The number of rotatable bonds is 6. The molecule has 17 heavy (non-hydrogen) atoms. The number of carbonyl (C=O) groups excluding carboxylic acids is 1. The van der Waals surface area contributed by atoms with Gasteiger partial charge in [-0.25, -0.2) is 4.79 Å². The molecular formula is C12H15NO4. The zero-order valence-electron chi connectivity index (χ0n) is 9.55. The number of nitrogens with one attached hydrogen (secondary N) is 1. The van der Waals surface area contributed by atoms with Crippen molar-refractivity contribution in [2.45, 2.75) is 25.8 Å². The van der Waals surface area contributed by atoms with E-state index in [4.69, 9.17) is 9.52 Å². The molecule has 5 nitrogen and oxygen atoms in total. The summed E-state index contributed by atoms with van der Waals surface area (Å²) in [7, 11) is 0. The van der Waals surface area contributed by atoms with Gasteiger partial charge in [-0.2, -0.15) is 0 Å². The Kier molecular flexibility index (Phi) is 5.00. The largest absolute Gasteiger partial charge is 0.480 e. The Morgan fingerprint density at radius 1 is 1.59 bits per heavy atom. The van der Waals surface area contributed by atoms with E-state index in [9.17, 15) is 9.59 Å². The molecule has 0 radical (unpaired) electrons. The average Bonchev–Trinajstić information content (AvgIpc) is 2.78. The van der Waals surface area contributed by atoms with Gasteiger partial charge in [-0.3, -0.25) is 4.79 Å². The lowest BCUT2D eigenvalue weighted by Gasteiger charge is -2.11. The molecule has 0 bridgehead atoms. The van der Waals surface area contributed by atoms with Crippen molar-refractivity contribution in [1.82, 2.24) is 5.32 Å². The molecular weight excluding hydrogens is 222 g/mol. The van der Waals surface area contributed by atoms with Crippen LogP contribution in [0.3, 0.4) is 0 Å². The number of carboxylic acids is 1. The van der Waals surface area contributed by atoms with Crippen molar-refractivity contribution in [2.75, 3.05) is 0 Å². The van der Waals surface area contributed by atoms with Gasteiger partial charge < -0.3 is 14.8 Å². The van der Waals surface area contributed by atoms with E-state index in [0.29, 0.717) is 18.6 Å². The average molecular weight is 237 g/mol. The SMILES string of the molecule is CCC[C@@H](NC(=O)/C=C/c1ccco1)C(=O)O. The van der Waals surface area contributed by atoms with Gasteiger partial charge in [-0.05, 0) is 24.6 Å². The smallest absolute Gasteiger partial charge is 0.326 e. The number of hydrogen-bond acceptors (Lipinski definition) is 3. The third-order valence-electron chi connectivity index (χ3n) is 2.13. The summed E-state index contributed by atoms with van der Waals surface area (Å²) in [5.41, 5.74) is 0. The fraction of sp³-hybridized carbons (Fsp3) is 0.333. The van der Waals surface area contributed by atoms with E-state index in [-0.39, 0.29) is 0 Å². The molecule has 0 unspecified atom stereocenters. The zero-order chi connectivity index (χ0) is 12.7. The number of furan rings is 1. The number of aliphatic carboxylic acids is 1. The van der Waals surface area contributed by atoms with E-state index in [2.05, 4.69) is 5.32 Å². The van der Waals surface area contributed by atoms with E-state index in [0.717, 1.165) is 0 Å². The lowest BCUT2D eigenvalue weighted by Crippen LogP contribution is -2.39. The van der Waals surface area contributed by atoms with Gasteiger partial charge in [0.25, 0.3) is 0 Å². The highest BCUT2D eigenvalue weighted by molar-refractivity contribution is 5.94. The van der Waals surface area contributed by atoms with Crippen LogP contribution in [0.4, 0.5) is 0 Å². The van der Waals surface area contributed by atoms with E-state index in [1.54, 1.807) is 12.1 Å². The molecule has 0 aromatic carbocycles. The van der Waals surface area contributed by atoms with Crippen LogP contribution in [0.1, 0.15) is 25.5 Å². The van der Waals surface area contributed by atoms with Crippen LogP contribution in [0, 0.1) is 0 Å². The van der Waals surface area contributed by atoms with Gasteiger partial charge in [0.05, 0.1) is 6.26 Å². The topological polar surface area (TPSA) is 79.5 Å². The Morgan fingerprint density at radius 2 is 2.35 bits per heavy atom. The third kappa shape index (κ3) is 4.55. The van der Waals surface area contributed by atoms with Gasteiger partial charge in [0.15, 0.2) is 0 Å². The third-order valence-corrected chi connectivity index (χ3v) is 2.13. The predicted octanol–water partition coefficient (Wildman–Crippen LogP) is 1.66. The summed E-state index contributed by atoms with van der Waals surface area (Å²) in [4.78, 5) is 22.2. The van der Waals surface area contributed by atoms with Crippen LogP contribution in [-0.2, 0) is 9.59 Å². The lowest BCUT2D eigenvalue weighted by molar-refractivity contribution is -0.141.